The van der Waals surface area contributed by atoms with Crippen LogP contribution in [0.1, 0.15) is 36.2 Å². The summed E-state index contributed by atoms with van der Waals surface area (Å²) in [7, 11) is 0. The molecule has 1 unspecified atom stereocenters. The summed E-state index contributed by atoms with van der Waals surface area (Å²) in [5.41, 5.74) is 7.21. The van der Waals surface area contributed by atoms with Gasteiger partial charge in [-0.2, -0.15) is 0 Å². The minimum absolute atomic E-state index is 0.0174. The lowest BCUT2D eigenvalue weighted by atomic mass is 10.0. The molecule has 1 saturated heterocycles. The molecular weight excluding hydrogens is 318 g/mol. The van der Waals surface area contributed by atoms with Crippen molar-refractivity contribution in [3.05, 3.63) is 36.2 Å². The van der Waals surface area contributed by atoms with Gasteiger partial charge in [-0.05, 0) is 31.4 Å². The Balaban J connectivity index is 1.74. The Labute approximate surface area is 146 Å². The molecule has 2 amide bonds. The average molecular weight is 341 g/mol. The van der Waals surface area contributed by atoms with Crippen LogP contribution >= 0.6 is 0 Å². The molecule has 7 nitrogen and oxygen atoms in total. The molecule has 2 heterocycles. The molecule has 0 spiro atoms. The first kappa shape index (κ1) is 17.3. The van der Waals surface area contributed by atoms with Crippen LogP contribution in [0.15, 0.2) is 30.5 Å². The van der Waals surface area contributed by atoms with Gasteiger partial charge in [0.15, 0.2) is 0 Å². The van der Waals surface area contributed by atoms with Crippen LogP contribution in [0, 0.1) is 0 Å². The van der Waals surface area contributed by atoms with E-state index in [4.69, 9.17) is 5.73 Å². The Hall–Kier alpha value is -2.54. The Kier molecular flexibility index (Phi) is 5.55. The average Bonchev–Trinajstić information content (AvgIpc) is 2.66. The van der Waals surface area contributed by atoms with E-state index >= 15 is 0 Å². The molecule has 1 aromatic heterocycles. The molecule has 3 rings (SSSR count). The van der Waals surface area contributed by atoms with E-state index in [1.165, 1.54) is 6.20 Å². The summed E-state index contributed by atoms with van der Waals surface area (Å²) < 4.78 is 0. The zero-order valence-corrected chi connectivity index (χ0v) is 14.1. The van der Waals surface area contributed by atoms with E-state index in [9.17, 15) is 9.59 Å². The van der Waals surface area contributed by atoms with Crippen LogP contribution in [0.4, 0.5) is 0 Å². The van der Waals surface area contributed by atoms with Crippen molar-refractivity contribution >= 4 is 22.8 Å². The van der Waals surface area contributed by atoms with E-state index in [0.29, 0.717) is 37.3 Å². The molecule has 0 radical (unpaired) electrons. The van der Waals surface area contributed by atoms with Gasteiger partial charge in [0.2, 0.25) is 5.91 Å². The molecule has 2 aromatic rings. The van der Waals surface area contributed by atoms with Crippen LogP contribution in [0.25, 0.3) is 11.0 Å². The number of nitrogens with one attached hydrogen (secondary N) is 1. The molecule has 1 aromatic carbocycles. The maximum atomic E-state index is 12.9. The largest absolute Gasteiger partial charge is 0.354 e. The number of piperidine rings is 1. The van der Waals surface area contributed by atoms with Crippen LogP contribution < -0.4 is 11.1 Å². The zero-order valence-electron chi connectivity index (χ0n) is 14.1. The normalized spacial score (nSPS) is 17.5. The van der Waals surface area contributed by atoms with Crippen molar-refractivity contribution < 1.29 is 9.59 Å². The Morgan fingerprint density at radius 3 is 2.84 bits per heavy atom. The molecule has 0 bridgehead atoms. The van der Waals surface area contributed by atoms with Gasteiger partial charge in [0.05, 0.1) is 17.2 Å². The predicted octanol–water partition coefficient (Wildman–Crippen LogP) is 1.09. The van der Waals surface area contributed by atoms with Crippen molar-refractivity contribution in [3.8, 4) is 0 Å². The highest BCUT2D eigenvalue weighted by Crippen LogP contribution is 2.19. The van der Waals surface area contributed by atoms with Crippen molar-refractivity contribution in [2.24, 2.45) is 5.73 Å². The number of carbonyl (C=O) groups is 2. The summed E-state index contributed by atoms with van der Waals surface area (Å²) in [5.74, 6) is -0.206. The van der Waals surface area contributed by atoms with Gasteiger partial charge in [0.1, 0.15) is 5.69 Å². The van der Waals surface area contributed by atoms with Gasteiger partial charge in [0.25, 0.3) is 5.91 Å². The number of nitrogens with zero attached hydrogens (tertiary/aromatic N) is 3. The van der Waals surface area contributed by atoms with E-state index in [1.807, 2.05) is 29.2 Å². The molecule has 0 saturated carbocycles. The van der Waals surface area contributed by atoms with Gasteiger partial charge in [0, 0.05) is 32.1 Å². The predicted molar refractivity (Wildman–Crippen MR) is 94.9 cm³/mol. The SMILES string of the molecule is NCCC(=O)NCC1CCCCN1C(=O)c1cnc2ccccc2n1. The first-order valence-electron chi connectivity index (χ1n) is 8.68. The van der Waals surface area contributed by atoms with Crippen LogP contribution in [0.5, 0.6) is 0 Å². The van der Waals surface area contributed by atoms with Crippen molar-refractivity contribution in [2.75, 3.05) is 19.6 Å². The van der Waals surface area contributed by atoms with Gasteiger partial charge < -0.3 is 16.0 Å². The van der Waals surface area contributed by atoms with Crippen LogP contribution in [-0.4, -0.2) is 52.4 Å². The maximum absolute atomic E-state index is 12.9. The zero-order chi connectivity index (χ0) is 17.6. The molecule has 7 heteroatoms. The number of fused-ring (bicyclic) bond motifs is 1. The second-order valence-electron chi connectivity index (χ2n) is 6.23. The van der Waals surface area contributed by atoms with Crippen molar-refractivity contribution in [3.63, 3.8) is 0 Å². The molecule has 25 heavy (non-hydrogen) atoms. The lowest BCUT2D eigenvalue weighted by Gasteiger charge is -2.35. The second kappa shape index (κ2) is 8.02. The fourth-order valence-electron chi connectivity index (χ4n) is 3.14. The second-order valence-corrected chi connectivity index (χ2v) is 6.23. The summed E-state index contributed by atoms with van der Waals surface area (Å²) in [6.07, 6.45) is 4.71. The van der Waals surface area contributed by atoms with Crippen LogP contribution in [-0.2, 0) is 4.79 Å². The highest BCUT2D eigenvalue weighted by molar-refractivity contribution is 5.94. The van der Waals surface area contributed by atoms with Crippen molar-refractivity contribution in [2.45, 2.75) is 31.7 Å². The Morgan fingerprint density at radius 1 is 1.24 bits per heavy atom. The van der Waals surface area contributed by atoms with E-state index in [2.05, 4.69) is 15.3 Å². The lowest BCUT2D eigenvalue weighted by Crippen LogP contribution is -2.49. The third-order valence-corrected chi connectivity index (χ3v) is 4.46. The summed E-state index contributed by atoms with van der Waals surface area (Å²) in [6.45, 7) is 1.45. The fraction of sp³-hybridized carbons (Fsp3) is 0.444. The summed E-state index contributed by atoms with van der Waals surface area (Å²) in [5, 5.41) is 2.87. The van der Waals surface area contributed by atoms with E-state index in [1.54, 1.807) is 0 Å². The lowest BCUT2D eigenvalue weighted by molar-refractivity contribution is -0.121. The number of para-hydroxylation sites is 2. The molecule has 1 aliphatic heterocycles. The Bertz CT molecular complexity index is 764. The maximum Gasteiger partial charge on any atom is 0.274 e. The van der Waals surface area contributed by atoms with Gasteiger partial charge in [-0.15, -0.1) is 0 Å². The minimum atomic E-state index is -0.129. The molecule has 1 fully saturated rings. The first-order valence-corrected chi connectivity index (χ1v) is 8.68. The number of amides is 2. The van der Waals surface area contributed by atoms with Crippen molar-refractivity contribution in [1.29, 1.82) is 0 Å². The number of carbonyl (C=O) groups excluding carboxylic acids is 2. The molecule has 1 aliphatic rings. The molecule has 0 aliphatic carbocycles. The number of benzene rings is 1. The molecule has 3 N–H and O–H groups in total. The van der Waals surface area contributed by atoms with Gasteiger partial charge in [-0.1, -0.05) is 12.1 Å². The van der Waals surface area contributed by atoms with Gasteiger partial charge in [-0.25, -0.2) is 4.98 Å². The topological polar surface area (TPSA) is 101 Å². The number of nitrogens with two attached hydrogens (primary N) is 1. The first-order chi connectivity index (χ1) is 12.2. The number of likely N-dealkylation sites (tertiary alicyclic amines) is 1. The van der Waals surface area contributed by atoms with E-state index < -0.39 is 0 Å². The number of hydrogen-bond acceptors (Lipinski definition) is 5. The molecule has 1 atom stereocenters. The summed E-state index contributed by atoms with van der Waals surface area (Å²) in [4.78, 5) is 35.2. The minimum Gasteiger partial charge on any atom is -0.354 e. The number of rotatable bonds is 5. The highest BCUT2D eigenvalue weighted by atomic mass is 16.2. The third kappa shape index (κ3) is 4.11. The quantitative estimate of drug-likeness (QED) is 0.848. The third-order valence-electron chi connectivity index (χ3n) is 4.46. The smallest absolute Gasteiger partial charge is 0.274 e. The van der Waals surface area contributed by atoms with Crippen molar-refractivity contribution in [1.82, 2.24) is 20.2 Å². The summed E-state index contributed by atoms with van der Waals surface area (Å²) >= 11 is 0. The standard InChI is InChI=1S/C18H23N5O2/c19-9-8-17(24)21-11-13-5-3-4-10-23(13)18(25)16-12-20-14-6-1-2-7-15(14)22-16/h1-2,6-7,12-13H,3-5,8-11,19H2,(H,21,24). The summed E-state index contributed by atoms with van der Waals surface area (Å²) in [6, 6.07) is 7.47. The van der Waals surface area contributed by atoms with Gasteiger partial charge >= 0.3 is 0 Å². The van der Waals surface area contributed by atoms with Crippen LogP contribution in [0.3, 0.4) is 0 Å². The highest BCUT2D eigenvalue weighted by Gasteiger charge is 2.28. The molecular formula is C18H23N5O2. The number of aromatic nitrogens is 2. The van der Waals surface area contributed by atoms with Crippen LogP contribution in [0.2, 0.25) is 0 Å². The fourth-order valence-corrected chi connectivity index (χ4v) is 3.14. The monoisotopic (exact) mass is 341 g/mol. The van der Waals surface area contributed by atoms with E-state index in [-0.39, 0.29) is 17.9 Å². The molecule has 132 valence electrons. The number of hydrogen-bond donors (Lipinski definition) is 2. The Morgan fingerprint density at radius 2 is 2.04 bits per heavy atom. The van der Waals surface area contributed by atoms with Gasteiger partial charge in [-0.3, -0.25) is 14.6 Å². The van der Waals surface area contributed by atoms with E-state index in [0.717, 1.165) is 24.8 Å².